The molecule has 1 fully saturated rings. The third kappa shape index (κ3) is 5.13. The molecule has 192 valence electrons. The van der Waals surface area contributed by atoms with Gasteiger partial charge in [-0.3, -0.25) is 4.68 Å². The number of carbonyl (C=O) groups is 1. The van der Waals surface area contributed by atoms with Crippen molar-refractivity contribution in [1.29, 1.82) is 0 Å². The molecule has 0 aliphatic heterocycles. The monoisotopic (exact) mass is 578 g/mol. The molecule has 37 heavy (non-hydrogen) atoms. The molecule has 1 aliphatic carbocycles. The van der Waals surface area contributed by atoms with Gasteiger partial charge in [0, 0.05) is 11.6 Å². The van der Waals surface area contributed by atoms with Crippen LogP contribution in [-0.4, -0.2) is 35.8 Å². The molecular formula is C25H21Cl3N4O4S. The first-order valence-corrected chi connectivity index (χ1v) is 14.0. The molecule has 1 aliphatic rings. The molecule has 0 bridgehead atoms. The van der Waals surface area contributed by atoms with Crippen LogP contribution in [0.2, 0.25) is 15.1 Å². The van der Waals surface area contributed by atoms with Crippen molar-refractivity contribution < 1.29 is 17.9 Å². The second kappa shape index (κ2) is 10.1. The van der Waals surface area contributed by atoms with Crippen LogP contribution in [0.5, 0.6) is 0 Å². The summed E-state index contributed by atoms with van der Waals surface area (Å²) in [5.74, 6) is -0.613. The molecule has 4 aromatic rings. The number of halogens is 3. The number of pyridine rings is 1. The standard InChI is InChI=1S/C25H21Cl3N4O4S/c1-2-36-25(33)16-4-8-23(20(27)10-16)37(34,35)31(24-21(28)11-18(26)13-29-24)14-15-3-7-22-17(9-15)12-30-32(22)19-5-6-19/h3-4,7-13,19H,2,5-6,14H2,1H3. The van der Waals surface area contributed by atoms with Gasteiger partial charge < -0.3 is 4.74 Å². The SMILES string of the molecule is CCOC(=O)c1ccc(S(=O)(=O)N(Cc2ccc3c(cnn3C3CC3)c2)c2ncc(Cl)cc2Cl)c(Cl)c1. The van der Waals surface area contributed by atoms with Gasteiger partial charge in [0.25, 0.3) is 10.0 Å². The number of anilines is 1. The Labute approximate surface area is 228 Å². The van der Waals surface area contributed by atoms with Gasteiger partial charge in [-0.25, -0.2) is 22.5 Å². The second-order valence-electron chi connectivity index (χ2n) is 8.55. The molecular weight excluding hydrogens is 559 g/mol. The summed E-state index contributed by atoms with van der Waals surface area (Å²) in [5.41, 5.74) is 1.82. The number of carbonyl (C=O) groups excluding carboxylic acids is 1. The summed E-state index contributed by atoms with van der Waals surface area (Å²) in [6.45, 7) is 1.76. The highest BCUT2D eigenvalue weighted by Crippen LogP contribution is 2.38. The van der Waals surface area contributed by atoms with E-state index in [1.807, 2.05) is 22.9 Å². The number of hydrogen-bond acceptors (Lipinski definition) is 6. The van der Waals surface area contributed by atoms with Gasteiger partial charge in [0.05, 0.1) is 51.5 Å². The molecule has 0 radical (unpaired) electrons. The quantitative estimate of drug-likeness (QED) is 0.227. The zero-order valence-electron chi connectivity index (χ0n) is 19.6. The fourth-order valence-electron chi connectivity index (χ4n) is 4.01. The zero-order chi connectivity index (χ0) is 26.3. The Kier molecular flexibility index (Phi) is 7.06. The van der Waals surface area contributed by atoms with Crippen molar-refractivity contribution in [3.63, 3.8) is 0 Å². The van der Waals surface area contributed by atoms with E-state index < -0.39 is 16.0 Å². The van der Waals surface area contributed by atoms with E-state index in [0.717, 1.165) is 28.0 Å². The van der Waals surface area contributed by atoms with Crippen LogP contribution in [0.3, 0.4) is 0 Å². The molecule has 0 saturated heterocycles. The Morgan fingerprint density at radius 3 is 2.54 bits per heavy atom. The molecule has 0 amide bonds. The van der Waals surface area contributed by atoms with Crippen LogP contribution in [0.1, 0.15) is 41.7 Å². The van der Waals surface area contributed by atoms with E-state index >= 15 is 0 Å². The molecule has 0 N–H and O–H groups in total. The summed E-state index contributed by atoms with van der Waals surface area (Å²) in [6, 6.07) is 11.4. The maximum atomic E-state index is 13.9. The number of fused-ring (bicyclic) bond motifs is 1. The number of benzene rings is 2. The summed E-state index contributed by atoms with van der Waals surface area (Å²) >= 11 is 18.8. The van der Waals surface area contributed by atoms with Crippen LogP contribution in [0.15, 0.2) is 59.8 Å². The number of nitrogens with zero attached hydrogens (tertiary/aromatic N) is 4. The molecule has 0 atom stereocenters. The number of sulfonamides is 1. The lowest BCUT2D eigenvalue weighted by atomic mass is 10.1. The van der Waals surface area contributed by atoms with Gasteiger partial charge in [-0.05, 0) is 61.7 Å². The van der Waals surface area contributed by atoms with Gasteiger partial charge in [-0.1, -0.05) is 40.9 Å². The van der Waals surface area contributed by atoms with E-state index in [0.29, 0.717) is 11.6 Å². The number of ether oxygens (including phenoxy) is 1. The predicted octanol–water partition coefficient (Wildman–Crippen LogP) is 6.30. The average molecular weight is 580 g/mol. The topological polar surface area (TPSA) is 94.4 Å². The van der Waals surface area contributed by atoms with E-state index in [4.69, 9.17) is 39.5 Å². The van der Waals surface area contributed by atoms with Gasteiger partial charge in [0.2, 0.25) is 0 Å². The summed E-state index contributed by atoms with van der Waals surface area (Å²) in [4.78, 5) is 16.1. The van der Waals surface area contributed by atoms with Crippen molar-refractivity contribution in [1.82, 2.24) is 14.8 Å². The lowest BCUT2D eigenvalue weighted by molar-refractivity contribution is 0.0526. The van der Waals surface area contributed by atoms with Gasteiger partial charge in [0.15, 0.2) is 5.82 Å². The summed E-state index contributed by atoms with van der Waals surface area (Å²) in [7, 11) is -4.29. The van der Waals surface area contributed by atoms with Crippen molar-refractivity contribution >= 4 is 67.5 Å². The van der Waals surface area contributed by atoms with Gasteiger partial charge in [0.1, 0.15) is 4.90 Å². The highest BCUT2D eigenvalue weighted by atomic mass is 35.5. The predicted molar refractivity (Wildman–Crippen MR) is 143 cm³/mol. The van der Waals surface area contributed by atoms with Crippen LogP contribution >= 0.6 is 34.8 Å². The van der Waals surface area contributed by atoms with E-state index in [1.54, 1.807) is 13.1 Å². The van der Waals surface area contributed by atoms with Crippen molar-refractivity contribution in [2.24, 2.45) is 0 Å². The van der Waals surface area contributed by atoms with Gasteiger partial charge in [-0.2, -0.15) is 5.10 Å². The Morgan fingerprint density at radius 2 is 1.86 bits per heavy atom. The maximum absolute atomic E-state index is 13.9. The smallest absolute Gasteiger partial charge is 0.338 e. The third-order valence-corrected chi connectivity index (χ3v) is 8.62. The van der Waals surface area contributed by atoms with Crippen LogP contribution in [0.4, 0.5) is 5.82 Å². The van der Waals surface area contributed by atoms with E-state index in [9.17, 15) is 13.2 Å². The summed E-state index contributed by atoms with van der Waals surface area (Å²) in [5, 5.41) is 5.56. The Bertz CT molecular complexity index is 1620. The van der Waals surface area contributed by atoms with Crippen molar-refractivity contribution in [3.05, 3.63) is 81.1 Å². The minimum Gasteiger partial charge on any atom is -0.462 e. The first-order chi connectivity index (χ1) is 17.7. The molecule has 2 aromatic carbocycles. The largest absolute Gasteiger partial charge is 0.462 e. The molecule has 1 saturated carbocycles. The fourth-order valence-corrected chi connectivity index (χ4v) is 6.49. The second-order valence-corrected chi connectivity index (χ2v) is 11.6. The molecule has 8 nitrogen and oxygen atoms in total. The normalized spacial score (nSPS) is 13.6. The van der Waals surface area contributed by atoms with Crippen molar-refractivity contribution in [3.8, 4) is 0 Å². The van der Waals surface area contributed by atoms with Crippen molar-refractivity contribution in [2.75, 3.05) is 10.9 Å². The lowest BCUT2D eigenvalue weighted by Gasteiger charge is -2.25. The Balaban J connectivity index is 1.56. The molecule has 5 rings (SSSR count). The molecule has 0 unspecified atom stereocenters. The Morgan fingerprint density at radius 1 is 1.08 bits per heavy atom. The van der Waals surface area contributed by atoms with E-state index in [-0.39, 0.29) is 44.5 Å². The maximum Gasteiger partial charge on any atom is 0.338 e. The zero-order valence-corrected chi connectivity index (χ0v) is 22.7. The number of rotatable bonds is 8. The van der Waals surface area contributed by atoms with Crippen LogP contribution in [0.25, 0.3) is 10.9 Å². The number of aromatic nitrogens is 3. The van der Waals surface area contributed by atoms with Gasteiger partial charge in [-0.15, -0.1) is 0 Å². The fraction of sp³-hybridized carbons (Fsp3) is 0.240. The number of esters is 1. The molecule has 2 aromatic heterocycles. The van der Waals surface area contributed by atoms with Crippen LogP contribution < -0.4 is 4.31 Å². The number of hydrogen-bond donors (Lipinski definition) is 0. The molecule has 12 heteroatoms. The summed E-state index contributed by atoms with van der Waals surface area (Å²) < 4.78 is 35.9. The van der Waals surface area contributed by atoms with Crippen LogP contribution in [0, 0.1) is 0 Å². The van der Waals surface area contributed by atoms with E-state index in [2.05, 4.69) is 10.1 Å². The molecule has 0 spiro atoms. The minimum atomic E-state index is -4.29. The molecule has 2 heterocycles. The average Bonchev–Trinajstić information content (AvgIpc) is 3.61. The first kappa shape index (κ1) is 25.8. The highest BCUT2D eigenvalue weighted by molar-refractivity contribution is 7.93. The van der Waals surface area contributed by atoms with Gasteiger partial charge >= 0.3 is 5.97 Å². The minimum absolute atomic E-state index is 0.00891. The third-order valence-electron chi connectivity index (χ3n) is 5.91. The van der Waals surface area contributed by atoms with Crippen LogP contribution in [-0.2, 0) is 21.3 Å². The van der Waals surface area contributed by atoms with Crippen molar-refractivity contribution in [2.45, 2.75) is 37.2 Å². The summed E-state index contributed by atoms with van der Waals surface area (Å²) in [6.07, 6.45) is 5.29. The first-order valence-electron chi connectivity index (χ1n) is 11.5. The lowest BCUT2D eigenvalue weighted by Crippen LogP contribution is -2.32. The Hall–Kier alpha value is -2.85. The van der Waals surface area contributed by atoms with E-state index in [1.165, 1.54) is 30.5 Å². The highest BCUT2D eigenvalue weighted by Gasteiger charge is 2.31.